The van der Waals surface area contributed by atoms with Crippen LogP contribution in [0.2, 0.25) is 0 Å². The Labute approximate surface area is 106 Å². The minimum Gasteiger partial charge on any atom is -0.496 e. The Bertz CT molecular complexity index is 345. The predicted octanol–water partition coefficient (Wildman–Crippen LogP) is 3.31. The fraction of sp³-hybridized carbons (Fsp3) is 0.600. The summed E-state index contributed by atoms with van der Waals surface area (Å²) in [5.41, 5.74) is 2.73. The maximum Gasteiger partial charge on any atom is 0.122 e. The molecule has 0 aromatic heterocycles. The van der Waals surface area contributed by atoms with Crippen molar-refractivity contribution in [3.05, 3.63) is 29.3 Å². The number of benzene rings is 1. The third-order valence-electron chi connectivity index (χ3n) is 2.99. The molecular formula is C15H25NO. The summed E-state index contributed by atoms with van der Waals surface area (Å²) in [7, 11) is 5.98. The average molecular weight is 235 g/mol. The Kier molecular flexibility index (Phi) is 5.49. The number of hydrogen-bond donors (Lipinski definition) is 0. The first-order valence-electron chi connectivity index (χ1n) is 6.36. The molecule has 0 radical (unpaired) electrons. The first kappa shape index (κ1) is 14.0. The van der Waals surface area contributed by atoms with Crippen molar-refractivity contribution in [3.8, 4) is 5.75 Å². The molecule has 96 valence electrons. The lowest BCUT2D eigenvalue weighted by Gasteiger charge is -2.14. The molecule has 0 bridgehead atoms. The van der Waals surface area contributed by atoms with Gasteiger partial charge >= 0.3 is 0 Å². The third kappa shape index (κ3) is 4.39. The lowest BCUT2D eigenvalue weighted by Crippen LogP contribution is -2.13. The molecule has 0 N–H and O–H groups in total. The van der Waals surface area contributed by atoms with Gasteiger partial charge in [0.05, 0.1) is 7.11 Å². The second-order valence-electron chi connectivity index (χ2n) is 5.14. The zero-order valence-corrected chi connectivity index (χ0v) is 11.8. The molecule has 0 aliphatic rings. The van der Waals surface area contributed by atoms with Gasteiger partial charge in [0.25, 0.3) is 0 Å². The number of ether oxygens (including phenoxy) is 1. The summed E-state index contributed by atoms with van der Waals surface area (Å²) in [6.45, 7) is 5.56. The molecule has 0 aliphatic heterocycles. The Morgan fingerprint density at radius 2 is 1.94 bits per heavy atom. The van der Waals surface area contributed by atoms with Crippen molar-refractivity contribution < 1.29 is 4.74 Å². The highest BCUT2D eigenvalue weighted by Gasteiger charge is 2.08. The first-order valence-corrected chi connectivity index (χ1v) is 6.36. The van der Waals surface area contributed by atoms with Gasteiger partial charge in [-0.3, -0.25) is 0 Å². The van der Waals surface area contributed by atoms with Crippen molar-refractivity contribution in [2.45, 2.75) is 32.6 Å². The van der Waals surface area contributed by atoms with Gasteiger partial charge in [-0.15, -0.1) is 0 Å². The number of rotatable bonds is 6. The summed E-state index contributed by atoms with van der Waals surface area (Å²) < 4.78 is 5.40. The van der Waals surface area contributed by atoms with E-state index in [9.17, 15) is 0 Å². The van der Waals surface area contributed by atoms with Crippen molar-refractivity contribution in [2.24, 2.45) is 0 Å². The molecule has 17 heavy (non-hydrogen) atoms. The van der Waals surface area contributed by atoms with Crippen LogP contribution in [0.25, 0.3) is 0 Å². The van der Waals surface area contributed by atoms with E-state index in [1.54, 1.807) is 7.11 Å². The Morgan fingerprint density at radius 1 is 1.24 bits per heavy atom. The van der Waals surface area contributed by atoms with E-state index >= 15 is 0 Å². The first-order chi connectivity index (χ1) is 8.04. The van der Waals surface area contributed by atoms with Crippen molar-refractivity contribution in [2.75, 3.05) is 27.7 Å². The minimum atomic E-state index is 0.513. The average Bonchev–Trinajstić information content (AvgIpc) is 2.28. The lowest BCUT2D eigenvalue weighted by atomic mass is 9.98. The zero-order valence-electron chi connectivity index (χ0n) is 11.8. The van der Waals surface area contributed by atoms with Gasteiger partial charge in [0.15, 0.2) is 0 Å². The molecule has 0 saturated heterocycles. The van der Waals surface area contributed by atoms with Gasteiger partial charge < -0.3 is 9.64 Å². The Morgan fingerprint density at radius 3 is 2.47 bits per heavy atom. The molecule has 0 unspecified atom stereocenters. The lowest BCUT2D eigenvalue weighted by molar-refractivity contribution is 0.399. The summed E-state index contributed by atoms with van der Waals surface area (Å²) in [4.78, 5) is 2.23. The highest BCUT2D eigenvalue weighted by molar-refractivity contribution is 5.39. The molecule has 2 heteroatoms. The molecule has 0 fully saturated rings. The standard InChI is InChI=1S/C15H25NO/c1-12(2)14-11-13(7-6-10-16(3)4)8-9-15(14)17-5/h8-9,11-12H,6-7,10H2,1-5H3. The van der Waals surface area contributed by atoms with Gasteiger partial charge in [-0.1, -0.05) is 26.0 Å². The number of methoxy groups -OCH3 is 1. The minimum absolute atomic E-state index is 0.513. The smallest absolute Gasteiger partial charge is 0.122 e. The molecule has 1 aromatic rings. The second kappa shape index (κ2) is 6.65. The van der Waals surface area contributed by atoms with Gasteiger partial charge in [0.2, 0.25) is 0 Å². The van der Waals surface area contributed by atoms with E-state index in [1.165, 1.54) is 17.5 Å². The molecule has 0 spiro atoms. The maximum absolute atomic E-state index is 5.40. The molecule has 1 aromatic carbocycles. The van der Waals surface area contributed by atoms with Crippen LogP contribution >= 0.6 is 0 Å². The van der Waals surface area contributed by atoms with Crippen LogP contribution in [0, 0.1) is 0 Å². The Hall–Kier alpha value is -1.02. The van der Waals surface area contributed by atoms with E-state index in [4.69, 9.17) is 4.74 Å². The highest BCUT2D eigenvalue weighted by Crippen LogP contribution is 2.27. The van der Waals surface area contributed by atoms with E-state index in [1.807, 2.05) is 0 Å². The summed E-state index contributed by atoms with van der Waals surface area (Å²) in [5.74, 6) is 1.52. The van der Waals surface area contributed by atoms with Gasteiger partial charge in [-0.05, 0) is 56.6 Å². The summed E-state index contributed by atoms with van der Waals surface area (Å²) >= 11 is 0. The predicted molar refractivity (Wildman–Crippen MR) is 74.0 cm³/mol. The van der Waals surface area contributed by atoms with Gasteiger partial charge in [0.1, 0.15) is 5.75 Å². The molecule has 0 atom stereocenters. The monoisotopic (exact) mass is 235 g/mol. The van der Waals surface area contributed by atoms with Crippen molar-refractivity contribution in [1.29, 1.82) is 0 Å². The normalized spacial score (nSPS) is 11.2. The quantitative estimate of drug-likeness (QED) is 0.750. The molecule has 0 heterocycles. The van der Waals surface area contributed by atoms with E-state index in [-0.39, 0.29) is 0 Å². The summed E-state index contributed by atoms with van der Waals surface area (Å²) in [5, 5.41) is 0. The van der Waals surface area contributed by atoms with Crippen LogP contribution in [0.5, 0.6) is 5.75 Å². The number of nitrogens with zero attached hydrogens (tertiary/aromatic N) is 1. The van der Waals surface area contributed by atoms with Crippen LogP contribution in [0.15, 0.2) is 18.2 Å². The summed E-state index contributed by atoms with van der Waals surface area (Å²) in [6.07, 6.45) is 2.35. The zero-order chi connectivity index (χ0) is 12.8. The maximum atomic E-state index is 5.40. The number of aryl methyl sites for hydroxylation is 1. The van der Waals surface area contributed by atoms with Gasteiger partial charge in [0, 0.05) is 0 Å². The number of hydrogen-bond acceptors (Lipinski definition) is 2. The fourth-order valence-corrected chi connectivity index (χ4v) is 1.99. The molecule has 0 amide bonds. The molecule has 0 aliphatic carbocycles. The summed E-state index contributed by atoms with van der Waals surface area (Å²) in [6, 6.07) is 6.57. The molecule has 1 rings (SSSR count). The van der Waals surface area contributed by atoms with Crippen LogP contribution in [0.1, 0.15) is 37.3 Å². The topological polar surface area (TPSA) is 12.5 Å². The van der Waals surface area contributed by atoms with Crippen LogP contribution < -0.4 is 4.74 Å². The Balaban J connectivity index is 2.71. The second-order valence-corrected chi connectivity index (χ2v) is 5.14. The van der Waals surface area contributed by atoms with Crippen LogP contribution in [0.3, 0.4) is 0 Å². The largest absolute Gasteiger partial charge is 0.496 e. The SMILES string of the molecule is COc1ccc(CCCN(C)C)cc1C(C)C. The van der Waals surface area contributed by atoms with Crippen LogP contribution in [-0.2, 0) is 6.42 Å². The van der Waals surface area contributed by atoms with Gasteiger partial charge in [-0.25, -0.2) is 0 Å². The van der Waals surface area contributed by atoms with Gasteiger partial charge in [-0.2, -0.15) is 0 Å². The van der Waals surface area contributed by atoms with Crippen molar-refractivity contribution in [1.82, 2.24) is 4.90 Å². The van der Waals surface area contributed by atoms with Crippen LogP contribution in [0.4, 0.5) is 0 Å². The fourth-order valence-electron chi connectivity index (χ4n) is 1.99. The van der Waals surface area contributed by atoms with E-state index in [0.29, 0.717) is 5.92 Å². The molecular weight excluding hydrogens is 210 g/mol. The van der Waals surface area contributed by atoms with Crippen molar-refractivity contribution in [3.63, 3.8) is 0 Å². The third-order valence-corrected chi connectivity index (χ3v) is 2.99. The van der Waals surface area contributed by atoms with Crippen molar-refractivity contribution >= 4 is 0 Å². The highest BCUT2D eigenvalue weighted by atomic mass is 16.5. The van der Waals surface area contributed by atoms with E-state index < -0.39 is 0 Å². The van der Waals surface area contributed by atoms with E-state index in [2.05, 4.69) is 51.0 Å². The van der Waals surface area contributed by atoms with E-state index in [0.717, 1.165) is 18.7 Å². The van der Waals surface area contributed by atoms with Crippen LogP contribution in [-0.4, -0.2) is 32.6 Å². The molecule has 0 saturated carbocycles. The molecule has 2 nitrogen and oxygen atoms in total.